The number of hydrogen-bond acceptors (Lipinski definition) is 2. The normalized spacial score (nSPS) is 9.38. The van der Waals surface area contributed by atoms with Gasteiger partial charge in [0, 0.05) is 0 Å². The third-order valence-corrected chi connectivity index (χ3v) is 3.01. The van der Waals surface area contributed by atoms with Gasteiger partial charge < -0.3 is 4.43 Å². The average Bonchev–Trinajstić information content (AvgIpc) is 1.83. The van der Waals surface area contributed by atoms with Gasteiger partial charge in [0.1, 0.15) is 0 Å². The van der Waals surface area contributed by atoms with Crippen molar-refractivity contribution in [3.05, 3.63) is 0 Å². The van der Waals surface area contributed by atoms with E-state index in [0.717, 1.165) is 12.1 Å². The first-order valence-electron chi connectivity index (χ1n) is 2.80. The molecule has 0 fully saturated rings. The summed E-state index contributed by atoms with van der Waals surface area (Å²) in [6.07, 6.45) is 0. The van der Waals surface area contributed by atoms with Crippen LogP contribution in [0.2, 0.25) is 12.1 Å². The van der Waals surface area contributed by atoms with Crippen LogP contribution in [-0.4, -0.2) is 15.5 Å². The molecule has 0 N–H and O–H groups in total. The maximum absolute atomic E-state index is 9.74. The average molecular weight is 131 g/mol. The Bertz CT molecular complexity index is 61.4. The van der Waals surface area contributed by atoms with Crippen LogP contribution in [0.15, 0.2) is 0 Å². The Hall–Kier alpha value is -0.313. The van der Waals surface area contributed by atoms with Crippen molar-refractivity contribution in [3.8, 4) is 0 Å². The zero-order valence-corrected chi connectivity index (χ0v) is 6.31. The maximum Gasteiger partial charge on any atom is 0.283 e. The Labute approximate surface area is 51.6 Å². The van der Waals surface area contributed by atoms with E-state index in [2.05, 4.69) is 0 Å². The fraction of sp³-hybridized carbons (Fsp3) is 0.800. The summed E-state index contributed by atoms with van der Waals surface area (Å²) in [7, 11) is -0.742. The molecule has 0 aliphatic carbocycles. The molecule has 0 aromatic rings. The first-order chi connectivity index (χ1) is 3.85. The van der Waals surface area contributed by atoms with Crippen LogP contribution in [0.3, 0.4) is 0 Å². The van der Waals surface area contributed by atoms with Crippen LogP contribution in [-0.2, 0) is 9.22 Å². The van der Waals surface area contributed by atoms with Crippen molar-refractivity contribution in [2.24, 2.45) is 0 Å². The van der Waals surface area contributed by atoms with E-state index in [9.17, 15) is 4.79 Å². The summed E-state index contributed by atoms with van der Waals surface area (Å²) in [6, 6.07) is 2.03. The molecule has 0 aromatic heterocycles. The summed E-state index contributed by atoms with van der Waals surface area (Å²) < 4.78 is 4.76. The molecule has 0 atom stereocenters. The lowest BCUT2D eigenvalue weighted by molar-refractivity contribution is -0.121. The van der Waals surface area contributed by atoms with Gasteiger partial charge in [-0.3, -0.25) is 4.79 Å². The van der Waals surface area contributed by atoms with Crippen molar-refractivity contribution in [1.29, 1.82) is 0 Å². The Morgan fingerprint density at radius 1 is 1.50 bits per heavy atom. The van der Waals surface area contributed by atoms with Crippen LogP contribution in [0.1, 0.15) is 13.8 Å². The first kappa shape index (κ1) is 7.69. The summed E-state index contributed by atoms with van der Waals surface area (Å²) in [5, 5.41) is 0. The van der Waals surface area contributed by atoms with Gasteiger partial charge in [-0.15, -0.1) is 0 Å². The lowest BCUT2D eigenvalue weighted by atomic mass is 11.0. The number of carbonyl (C=O) groups is 1. The molecule has 3 heteroatoms. The van der Waals surface area contributed by atoms with Crippen LogP contribution < -0.4 is 0 Å². The lowest BCUT2D eigenvalue weighted by Gasteiger charge is -2.03. The molecule has 0 rings (SSSR count). The molecule has 0 heterocycles. The van der Waals surface area contributed by atoms with Crippen molar-refractivity contribution in [1.82, 2.24) is 0 Å². The molecule has 0 aromatic carbocycles. The highest BCUT2D eigenvalue weighted by molar-refractivity contribution is 6.52. The van der Waals surface area contributed by atoms with Crippen LogP contribution in [0, 0.1) is 0 Å². The zero-order valence-electron chi connectivity index (χ0n) is 5.31. The molecule has 0 unspecified atom stereocenters. The van der Waals surface area contributed by atoms with Gasteiger partial charge in [0.05, 0.1) is 0 Å². The molecule has 0 spiro atoms. The molecule has 1 radical (unpaired) electrons. The third-order valence-electron chi connectivity index (χ3n) is 1.00. The summed E-state index contributed by atoms with van der Waals surface area (Å²) in [6.45, 7) is 4.64. The monoisotopic (exact) mass is 131 g/mol. The molecule has 0 aliphatic heterocycles. The summed E-state index contributed by atoms with van der Waals surface area (Å²) in [5.74, 6) is 0. The Kier molecular flexibility index (Phi) is 4.65. The number of hydrogen-bond donors (Lipinski definition) is 0. The van der Waals surface area contributed by atoms with Crippen molar-refractivity contribution >= 4 is 15.5 Å². The number of carbonyl (C=O) groups excluding carboxylic acids is 1. The molecule has 0 aliphatic rings. The highest BCUT2D eigenvalue weighted by atomic mass is 28.3. The largest absolute Gasteiger partial charge is 0.520 e. The second-order valence-corrected chi connectivity index (χ2v) is 4.19. The Morgan fingerprint density at radius 3 is 2.12 bits per heavy atom. The minimum Gasteiger partial charge on any atom is -0.520 e. The molecule has 0 saturated heterocycles. The predicted molar refractivity (Wildman–Crippen MR) is 33.9 cm³/mol. The Balaban J connectivity index is 3.20. The smallest absolute Gasteiger partial charge is 0.283 e. The minimum atomic E-state index is -0.742. The van der Waals surface area contributed by atoms with Gasteiger partial charge >= 0.3 is 0 Å². The van der Waals surface area contributed by atoms with Crippen molar-refractivity contribution in [3.63, 3.8) is 0 Å². The topological polar surface area (TPSA) is 26.3 Å². The second kappa shape index (κ2) is 4.84. The van der Waals surface area contributed by atoms with E-state index in [1.54, 1.807) is 0 Å². The molecular formula is C5H11O2Si. The quantitative estimate of drug-likeness (QED) is 0.423. The first-order valence-corrected chi connectivity index (χ1v) is 4.62. The lowest BCUT2D eigenvalue weighted by Crippen LogP contribution is -2.13. The predicted octanol–water partition coefficient (Wildman–Crippen LogP) is 1.19. The molecule has 0 saturated carbocycles. The standard InChI is InChI=1S/C5H11O2Si/c1-3-8(4-2)7-5-6/h5H,3-4H2,1-2H3. The van der Waals surface area contributed by atoms with E-state index in [1.165, 1.54) is 0 Å². The fourth-order valence-electron chi connectivity index (χ4n) is 0.485. The van der Waals surface area contributed by atoms with Crippen LogP contribution >= 0.6 is 0 Å². The van der Waals surface area contributed by atoms with Gasteiger partial charge in [0.25, 0.3) is 15.5 Å². The van der Waals surface area contributed by atoms with E-state index in [-0.39, 0.29) is 0 Å². The van der Waals surface area contributed by atoms with Crippen molar-refractivity contribution < 1.29 is 9.22 Å². The highest BCUT2D eigenvalue weighted by Crippen LogP contribution is 1.96. The summed E-state index contributed by atoms with van der Waals surface area (Å²) >= 11 is 0. The van der Waals surface area contributed by atoms with Crippen molar-refractivity contribution in [2.75, 3.05) is 0 Å². The van der Waals surface area contributed by atoms with Gasteiger partial charge in [-0.1, -0.05) is 13.8 Å². The maximum atomic E-state index is 9.74. The highest BCUT2D eigenvalue weighted by Gasteiger charge is 2.05. The number of rotatable bonds is 4. The third kappa shape index (κ3) is 2.79. The van der Waals surface area contributed by atoms with Crippen LogP contribution in [0.5, 0.6) is 0 Å². The zero-order chi connectivity index (χ0) is 6.41. The van der Waals surface area contributed by atoms with E-state index < -0.39 is 9.04 Å². The van der Waals surface area contributed by atoms with Gasteiger partial charge in [-0.25, -0.2) is 0 Å². The summed E-state index contributed by atoms with van der Waals surface area (Å²) in [4.78, 5) is 9.74. The van der Waals surface area contributed by atoms with Gasteiger partial charge in [-0.2, -0.15) is 0 Å². The molecule has 8 heavy (non-hydrogen) atoms. The SMILES string of the molecule is CC[Si](CC)OC=O. The van der Waals surface area contributed by atoms with E-state index in [1.807, 2.05) is 13.8 Å². The molecule has 47 valence electrons. The summed E-state index contributed by atoms with van der Waals surface area (Å²) in [5.41, 5.74) is 0. The molecule has 0 bridgehead atoms. The molecule has 0 amide bonds. The second-order valence-electron chi connectivity index (χ2n) is 1.46. The van der Waals surface area contributed by atoms with Crippen molar-refractivity contribution in [2.45, 2.75) is 25.9 Å². The minimum absolute atomic E-state index is 0.557. The van der Waals surface area contributed by atoms with Crippen LogP contribution in [0.25, 0.3) is 0 Å². The van der Waals surface area contributed by atoms with Gasteiger partial charge in [0.15, 0.2) is 0 Å². The fourth-order valence-corrected chi connectivity index (χ4v) is 1.45. The Morgan fingerprint density at radius 2 is 2.00 bits per heavy atom. The molecular weight excluding hydrogens is 120 g/mol. The van der Waals surface area contributed by atoms with Gasteiger partial charge in [0.2, 0.25) is 0 Å². The van der Waals surface area contributed by atoms with E-state index in [0.29, 0.717) is 6.47 Å². The van der Waals surface area contributed by atoms with Crippen LogP contribution in [0.4, 0.5) is 0 Å². The van der Waals surface area contributed by atoms with E-state index in [4.69, 9.17) is 4.43 Å². The molecule has 2 nitrogen and oxygen atoms in total. The van der Waals surface area contributed by atoms with Gasteiger partial charge in [-0.05, 0) is 12.1 Å². The van der Waals surface area contributed by atoms with E-state index >= 15 is 0 Å².